The van der Waals surface area contributed by atoms with Gasteiger partial charge >= 0.3 is 0 Å². The molecule has 0 radical (unpaired) electrons. The Morgan fingerprint density at radius 1 is 0.714 bits per heavy atom. The van der Waals surface area contributed by atoms with Crippen LogP contribution in [0, 0.1) is 0 Å². The van der Waals surface area contributed by atoms with E-state index in [0.717, 1.165) is 6.04 Å². The molecule has 0 bridgehead atoms. The van der Waals surface area contributed by atoms with Crippen LogP contribution in [0.25, 0.3) is 0 Å². The highest BCUT2D eigenvalue weighted by Gasteiger charge is 2.25. The molecule has 0 aliphatic carbocycles. The minimum Gasteiger partial charge on any atom is -0.313 e. The van der Waals surface area contributed by atoms with Gasteiger partial charge in [0.2, 0.25) is 0 Å². The van der Waals surface area contributed by atoms with Gasteiger partial charge in [0.1, 0.15) is 0 Å². The van der Waals surface area contributed by atoms with Crippen LogP contribution in [0.3, 0.4) is 0 Å². The van der Waals surface area contributed by atoms with E-state index in [1.54, 1.807) is 0 Å². The van der Waals surface area contributed by atoms with Gasteiger partial charge in [0.05, 0.1) is 0 Å². The molecule has 0 spiro atoms. The molecule has 3 aliphatic rings. The molecular weight excluding hydrogens is 342 g/mol. The second-order valence-electron chi connectivity index (χ2n) is 8.47. The van der Waals surface area contributed by atoms with E-state index in [1.165, 1.54) is 75.8 Å². The van der Waals surface area contributed by atoms with E-state index in [0.29, 0.717) is 12.1 Å². The first-order chi connectivity index (χ1) is 13.9. The first-order valence-corrected chi connectivity index (χ1v) is 11.2. The van der Waals surface area contributed by atoms with Crippen molar-refractivity contribution in [2.75, 3.05) is 26.2 Å². The van der Waals surface area contributed by atoms with Crippen molar-refractivity contribution < 1.29 is 0 Å². The van der Waals surface area contributed by atoms with Crippen molar-refractivity contribution in [2.45, 2.75) is 56.7 Å². The lowest BCUT2D eigenvalue weighted by atomic mass is 10.0. The fraction of sp³-hybridized carbons (Fsp3) is 0.520. The third-order valence-corrected chi connectivity index (χ3v) is 6.39. The lowest BCUT2D eigenvalue weighted by molar-refractivity contribution is 0.303. The van der Waals surface area contributed by atoms with Crippen LogP contribution in [0.2, 0.25) is 0 Å². The van der Waals surface area contributed by atoms with Crippen LogP contribution in [0.1, 0.15) is 61.7 Å². The molecule has 0 amide bonds. The maximum absolute atomic E-state index is 3.72. The van der Waals surface area contributed by atoms with Crippen molar-refractivity contribution in [1.29, 1.82) is 0 Å². The highest BCUT2D eigenvalue weighted by molar-refractivity contribution is 5.24. The van der Waals surface area contributed by atoms with Crippen LogP contribution >= 0.6 is 0 Å². The smallest absolute Gasteiger partial charge is 0.0326 e. The highest BCUT2D eigenvalue weighted by Crippen LogP contribution is 2.34. The molecule has 3 nitrogen and oxygen atoms in total. The Labute approximate surface area is 170 Å². The van der Waals surface area contributed by atoms with Crippen molar-refractivity contribution in [1.82, 2.24) is 15.5 Å². The highest BCUT2D eigenvalue weighted by atomic mass is 15.2. The molecule has 3 heteroatoms. The molecule has 2 N–H and O–H groups in total. The minimum atomic E-state index is 0.515. The van der Waals surface area contributed by atoms with Gasteiger partial charge in [0, 0.05) is 24.7 Å². The third kappa shape index (κ3) is 5.44. The van der Waals surface area contributed by atoms with Gasteiger partial charge < -0.3 is 15.5 Å². The van der Waals surface area contributed by atoms with Crippen LogP contribution in [0.15, 0.2) is 60.7 Å². The predicted molar refractivity (Wildman–Crippen MR) is 117 cm³/mol. The fourth-order valence-electron chi connectivity index (χ4n) is 4.83. The first kappa shape index (κ1) is 19.6. The van der Waals surface area contributed by atoms with Crippen LogP contribution < -0.4 is 10.6 Å². The van der Waals surface area contributed by atoms with E-state index in [4.69, 9.17) is 0 Å². The van der Waals surface area contributed by atoms with Gasteiger partial charge in [-0.2, -0.15) is 0 Å². The topological polar surface area (TPSA) is 27.3 Å². The van der Waals surface area contributed by atoms with E-state index in [-0.39, 0.29) is 0 Å². The summed E-state index contributed by atoms with van der Waals surface area (Å²) in [5.74, 6) is 0. The Morgan fingerprint density at radius 2 is 1.29 bits per heavy atom. The van der Waals surface area contributed by atoms with Crippen molar-refractivity contribution in [3.8, 4) is 0 Å². The maximum atomic E-state index is 3.72. The fourth-order valence-corrected chi connectivity index (χ4v) is 4.83. The summed E-state index contributed by atoms with van der Waals surface area (Å²) in [6, 6.07) is 23.3. The normalized spacial score (nSPS) is 27.5. The second kappa shape index (κ2) is 10.2. The number of rotatable bonds is 4. The third-order valence-electron chi connectivity index (χ3n) is 6.39. The second-order valence-corrected chi connectivity index (χ2v) is 8.47. The van der Waals surface area contributed by atoms with E-state index < -0.39 is 0 Å². The average molecular weight is 378 g/mol. The Morgan fingerprint density at radius 3 is 1.79 bits per heavy atom. The van der Waals surface area contributed by atoms with Crippen molar-refractivity contribution in [3.63, 3.8) is 0 Å². The van der Waals surface area contributed by atoms with Gasteiger partial charge in [-0.05, 0) is 69.3 Å². The monoisotopic (exact) mass is 377 g/mol. The quantitative estimate of drug-likeness (QED) is 0.810. The summed E-state index contributed by atoms with van der Waals surface area (Å²) >= 11 is 0. The molecule has 28 heavy (non-hydrogen) atoms. The van der Waals surface area contributed by atoms with Gasteiger partial charge in [-0.3, -0.25) is 0 Å². The standard InChI is InChI=1S/C16H17N.C9H18N2/c1-3-7-13(8-4-1)15-11-12-16(17-15)14-9-5-2-6-10-14;1-2-7-11(6-1)8-9-4-3-5-10-9/h1-10,15-17H,11-12H2;9-10H,1-8H2/t15-,16-;9-/m11/s1. The molecule has 3 atom stereocenters. The van der Waals surface area contributed by atoms with Gasteiger partial charge in [0.25, 0.3) is 0 Å². The van der Waals surface area contributed by atoms with Gasteiger partial charge in [0.15, 0.2) is 0 Å². The lowest BCUT2D eigenvalue weighted by Gasteiger charge is -2.19. The minimum absolute atomic E-state index is 0.515. The Bertz CT molecular complexity index is 616. The molecule has 2 aromatic rings. The van der Waals surface area contributed by atoms with Gasteiger partial charge in [-0.1, -0.05) is 60.7 Å². The molecule has 0 unspecified atom stereocenters. The van der Waals surface area contributed by atoms with Crippen molar-refractivity contribution in [3.05, 3.63) is 71.8 Å². The van der Waals surface area contributed by atoms with Gasteiger partial charge in [-0.25, -0.2) is 0 Å². The van der Waals surface area contributed by atoms with E-state index in [1.807, 2.05) is 0 Å². The summed E-state index contributed by atoms with van der Waals surface area (Å²) in [4.78, 5) is 2.60. The number of hydrogen-bond donors (Lipinski definition) is 2. The average Bonchev–Trinajstić information content (AvgIpc) is 3.53. The van der Waals surface area contributed by atoms with Crippen LogP contribution in [0.5, 0.6) is 0 Å². The number of benzene rings is 2. The van der Waals surface area contributed by atoms with Crippen LogP contribution in [0.4, 0.5) is 0 Å². The summed E-state index contributed by atoms with van der Waals surface area (Å²) in [5, 5.41) is 7.27. The predicted octanol–water partition coefficient (Wildman–Crippen LogP) is 4.69. The summed E-state index contributed by atoms with van der Waals surface area (Å²) < 4.78 is 0. The maximum Gasteiger partial charge on any atom is 0.0326 e. The largest absolute Gasteiger partial charge is 0.313 e. The van der Waals surface area contributed by atoms with E-state index in [9.17, 15) is 0 Å². The molecule has 0 aromatic heterocycles. The molecular formula is C25H35N3. The molecule has 3 saturated heterocycles. The molecule has 2 aromatic carbocycles. The summed E-state index contributed by atoms with van der Waals surface area (Å²) in [6.07, 6.45) is 8.08. The number of likely N-dealkylation sites (tertiary alicyclic amines) is 1. The van der Waals surface area contributed by atoms with Crippen molar-refractivity contribution in [2.24, 2.45) is 0 Å². The molecule has 5 rings (SSSR count). The Balaban J connectivity index is 0.000000151. The molecule has 3 aliphatic heterocycles. The summed E-state index contributed by atoms with van der Waals surface area (Å²) in [7, 11) is 0. The van der Waals surface area contributed by atoms with E-state index >= 15 is 0 Å². The van der Waals surface area contributed by atoms with Gasteiger partial charge in [-0.15, -0.1) is 0 Å². The molecule has 3 heterocycles. The lowest BCUT2D eigenvalue weighted by Crippen LogP contribution is -2.35. The zero-order valence-electron chi connectivity index (χ0n) is 17.0. The number of nitrogens with zero attached hydrogens (tertiary/aromatic N) is 1. The molecule has 150 valence electrons. The first-order valence-electron chi connectivity index (χ1n) is 11.2. The Kier molecular flexibility index (Phi) is 7.15. The molecule has 3 fully saturated rings. The number of hydrogen-bond acceptors (Lipinski definition) is 3. The van der Waals surface area contributed by atoms with Crippen LogP contribution in [-0.2, 0) is 0 Å². The SMILES string of the molecule is C1CN[C@@H](CN2CCCC2)C1.c1ccc([C@H]2CC[C@H](c3ccccc3)N2)cc1. The zero-order chi connectivity index (χ0) is 19.0. The Hall–Kier alpha value is -1.68. The van der Waals surface area contributed by atoms with Crippen LogP contribution in [-0.4, -0.2) is 37.1 Å². The number of nitrogens with one attached hydrogen (secondary N) is 2. The van der Waals surface area contributed by atoms with Crippen molar-refractivity contribution >= 4 is 0 Å². The van der Waals surface area contributed by atoms with E-state index in [2.05, 4.69) is 76.2 Å². The zero-order valence-corrected chi connectivity index (χ0v) is 17.0. The summed E-state index contributed by atoms with van der Waals surface area (Å²) in [5.41, 5.74) is 2.82. The summed E-state index contributed by atoms with van der Waals surface area (Å²) in [6.45, 7) is 5.24. The molecule has 0 saturated carbocycles.